The third-order valence-electron chi connectivity index (χ3n) is 5.18. The van der Waals surface area contributed by atoms with Crippen LogP contribution >= 0.6 is 0 Å². The minimum atomic E-state index is -0.222. The third-order valence-corrected chi connectivity index (χ3v) is 5.18. The van der Waals surface area contributed by atoms with E-state index in [9.17, 15) is 9.59 Å². The zero-order valence-corrected chi connectivity index (χ0v) is 12.8. The predicted molar refractivity (Wildman–Crippen MR) is 89.3 cm³/mol. The molecule has 2 nitrogen and oxygen atoms in total. The van der Waals surface area contributed by atoms with Gasteiger partial charge in [0.15, 0.2) is 11.6 Å². The highest BCUT2D eigenvalue weighted by Gasteiger charge is 2.51. The molecule has 2 heteroatoms. The lowest BCUT2D eigenvalue weighted by Crippen LogP contribution is -2.33. The Morgan fingerprint density at radius 2 is 1.04 bits per heavy atom. The second-order valence-corrected chi connectivity index (χ2v) is 6.46. The Labute approximate surface area is 135 Å². The molecule has 0 N–H and O–H groups in total. The van der Waals surface area contributed by atoms with Crippen LogP contribution in [0, 0.1) is 23.7 Å². The average molecular weight is 302 g/mol. The summed E-state index contributed by atoms with van der Waals surface area (Å²) >= 11 is 0. The molecule has 2 aromatic rings. The molecule has 2 bridgehead atoms. The Bertz CT molecular complexity index is 695. The van der Waals surface area contributed by atoms with Gasteiger partial charge in [-0.15, -0.1) is 0 Å². The predicted octanol–water partition coefficient (Wildman–Crippen LogP) is 4.19. The molecule has 1 saturated carbocycles. The Hall–Kier alpha value is -2.48. The van der Waals surface area contributed by atoms with Crippen molar-refractivity contribution in [1.82, 2.24) is 0 Å². The average Bonchev–Trinajstić information content (AvgIpc) is 3.23. The van der Waals surface area contributed by atoms with E-state index in [2.05, 4.69) is 12.2 Å². The lowest BCUT2D eigenvalue weighted by Gasteiger charge is -2.26. The van der Waals surface area contributed by atoms with Crippen LogP contribution in [0.15, 0.2) is 72.8 Å². The molecule has 0 saturated heterocycles. The number of fused-ring (bicyclic) bond motifs is 2. The molecule has 2 aliphatic rings. The molecular formula is C21H18O2. The van der Waals surface area contributed by atoms with E-state index in [1.54, 1.807) is 0 Å². The summed E-state index contributed by atoms with van der Waals surface area (Å²) < 4.78 is 0. The first-order valence-corrected chi connectivity index (χ1v) is 8.12. The quantitative estimate of drug-likeness (QED) is 0.627. The molecule has 0 aliphatic heterocycles. The fraction of sp³-hybridized carbons (Fsp3) is 0.238. The summed E-state index contributed by atoms with van der Waals surface area (Å²) in [4.78, 5) is 26.0. The second-order valence-electron chi connectivity index (χ2n) is 6.46. The van der Waals surface area contributed by atoms with E-state index in [4.69, 9.17) is 0 Å². The van der Waals surface area contributed by atoms with Crippen molar-refractivity contribution >= 4 is 11.6 Å². The molecule has 0 spiro atoms. The molecule has 0 amide bonds. The van der Waals surface area contributed by atoms with E-state index < -0.39 is 0 Å². The number of allylic oxidation sites excluding steroid dienone is 2. The molecule has 0 heterocycles. The summed E-state index contributed by atoms with van der Waals surface area (Å²) in [5.41, 5.74) is 1.42. The van der Waals surface area contributed by atoms with Gasteiger partial charge >= 0.3 is 0 Å². The largest absolute Gasteiger partial charge is 0.294 e. The number of hydrogen-bond donors (Lipinski definition) is 0. The van der Waals surface area contributed by atoms with Gasteiger partial charge in [-0.05, 0) is 18.3 Å². The van der Waals surface area contributed by atoms with Crippen LogP contribution in [0.3, 0.4) is 0 Å². The minimum absolute atomic E-state index is 0.108. The molecule has 2 aliphatic carbocycles. The van der Waals surface area contributed by atoms with Crippen molar-refractivity contribution in [2.24, 2.45) is 23.7 Å². The highest BCUT2D eigenvalue weighted by atomic mass is 16.1. The Balaban J connectivity index is 1.69. The van der Waals surface area contributed by atoms with Gasteiger partial charge < -0.3 is 0 Å². The van der Waals surface area contributed by atoms with Gasteiger partial charge in [0.2, 0.25) is 0 Å². The highest BCUT2D eigenvalue weighted by Crippen LogP contribution is 2.50. The van der Waals surface area contributed by atoms with Gasteiger partial charge in [-0.25, -0.2) is 0 Å². The first-order chi connectivity index (χ1) is 11.3. The van der Waals surface area contributed by atoms with Crippen LogP contribution in [0.2, 0.25) is 0 Å². The molecule has 0 unspecified atom stereocenters. The molecule has 0 radical (unpaired) electrons. The van der Waals surface area contributed by atoms with Crippen LogP contribution in [0.25, 0.3) is 0 Å². The molecule has 23 heavy (non-hydrogen) atoms. The lowest BCUT2D eigenvalue weighted by atomic mass is 9.75. The van der Waals surface area contributed by atoms with Crippen molar-refractivity contribution in [2.75, 3.05) is 0 Å². The van der Waals surface area contributed by atoms with E-state index in [1.807, 2.05) is 60.7 Å². The number of ketones is 2. The minimum Gasteiger partial charge on any atom is -0.294 e. The summed E-state index contributed by atoms with van der Waals surface area (Å²) in [5.74, 6) is 0.171. The normalized spacial score (nSPS) is 28.0. The number of carbonyl (C=O) groups excluding carboxylic acids is 2. The Morgan fingerprint density at radius 1 is 0.652 bits per heavy atom. The van der Waals surface area contributed by atoms with Crippen molar-refractivity contribution in [3.8, 4) is 0 Å². The first-order valence-electron chi connectivity index (χ1n) is 8.12. The molecular weight excluding hydrogens is 284 g/mol. The Morgan fingerprint density at radius 3 is 1.43 bits per heavy atom. The van der Waals surface area contributed by atoms with E-state index in [0.29, 0.717) is 11.1 Å². The van der Waals surface area contributed by atoms with E-state index >= 15 is 0 Å². The van der Waals surface area contributed by atoms with Crippen LogP contribution in [0.4, 0.5) is 0 Å². The number of hydrogen-bond acceptors (Lipinski definition) is 2. The maximum Gasteiger partial charge on any atom is 0.167 e. The first kappa shape index (κ1) is 14.1. The summed E-state index contributed by atoms with van der Waals surface area (Å²) in [7, 11) is 0. The molecule has 0 aromatic heterocycles. The van der Waals surface area contributed by atoms with Gasteiger partial charge in [0.25, 0.3) is 0 Å². The van der Waals surface area contributed by atoms with Crippen molar-refractivity contribution in [3.63, 3.8) is 0 Å². The highest BCUT2D eigenvalue weighted by molar-refractivity contribution is 6.06. The van der Waals surface area contributed by atoms with Gasteiger partial charge in [-0.3, -0.25) is 9.59 Å². The zero-order chi connectivity index (χ0) is 15.8. The molecule has 2 aromatic carbocycles. The van der Waals surface area contributed by atoms with Crippen molar-refractivity contribution in [2.45, 2.75) is 6.42 Å². The van der Waals surface area contributed by atoms with Crippen LogP contribution < -0.4 is 0 Å². The maximum atomic E-state index is 13.0. The third kappa shape index (κ3) is 2.35. The second kappa shape index (κ2) is 5.62. The van der Waals surface area contributed by atoms with E-state index in [0.717, 1.165) is 6.42 Å². The van der Waals surface area contributed by atoms with Gasteiger partial charge in [0.1, 0.15) is 0 Å². The number of carbonyl (C=O) groups is 2. The summed E-state index contributed by atoms with van der Waals surface area (Å²) in [6, 6.07) is 18.7. The monoisotopic (exact) mass is 302 g/mol. The molecule has 114 valence electrons. The van der Waals surface area contributed by atoms with Crippen molar-refractivity contribution < 1.29 is 9.59 Å². The Kier molecular flexibility index (Phi) is 3.45. The SMILES string of the molecule is O=C(c1ccccc1)[C@@H]1[C@H](C(=O)c2ccccc2)[C@@H]2C=C[C@@H]1C2. The molecule has 4 rings (SSSR count). The molecule has 1 fully saturated rings. The van der Waals surface area contributed by atoms with Crippen LogP contribution in [0.5, 0.6) is 0 Å². The standard InChI is InChI=1S/C21H18O2/c22-20(14-7-3-1-4-8-14)18-16-11-12-17(13-16)19(18)21(23)15-9-5-2-6-10-15/h1-12,16-19H,13H2/t16-,17-,18-,19+/m1/s1. The fourth-order valence-electron chi connectivity index (χ4n) is 4.13. The lowest BCUT2D eigenvalue weighted by molar-refractivity contribution is 0.0752. The van der Waals surface area contributed by atoms with Gasteiger partial charge in [0, 0.05) is 23.0 Å². The summed E-state index contributed by atoms with van der Waals surface area (Å²) in [5, 5.41) is 0. The van der Waals surface area contributed by atoms with Crippen LogP contribution in [-0.2, 0) is 0 Å². The van der Waals surface area contributed by atoms with Gasteiger partial charge in [0.05, 0.1) is 0 Å². The maximum absolute atomic E-state index is 13.0. The summed E-state index contributed by atoms with van der Waals surface area (Å²) in [6.07, 6.45) is 5.18. The van der Waals surface area contributed by atoms with Crippen molar-refractivity contribution in [3.05, 3.63) is 83.9 Å². The smallest absolute Gasteiger partial charge is 0.167 e. The number of Topliss-reactive ketones (excluding diaryl/α,β-unsaturated/α-hetero) is 2. The number of benzene rings is 2. The van der Waals surface area contributed by atoms with E-state index in [1.165, 1.54) is 0 Å². The fourth-order valence-corrected chi connectivity index (χ4v) is 4.13. The van der Waals surface area contributed by atoms with E-state index in [-0.39, 0.29) is 35.2 Å². The van der Waals surface area contributed by atoms with Gasteiger partial charge in [-0.1, -0.05) is 72.8 Å². The topological polar surface area (TPSA) is 34.1 Å². The zero-order valence-electron chi connectivity index (χ0n) is 12.8. The molecule has 4 atom stereocenters. The summed E-state index contributed by atoms with van der Waals surface area (Å²) in [6.45, 7) is 0. The van der Waals surface area contributed by atoms with Gasteiger partial charge in [-0.2, -0.15) is 0 Å². The van der Waals surface area contributed by atoms with Crippen LogP contribution in [-0.4, -0.2) is 11.6 Å². The number of rotatable bonds is 4. The van der Waals surface area contributed by atoms with Crippen LogP contribution in [0.1, 0.15) is 27.1 Å². The van der Waals surface area contributed by atoms with Crippen molar-refractivity contribution in [1.29, 1.82) is 0 Å².